The lowest BCUT2D eigenvalue weighted by Gasteiger charge is -2.24. The van der Waals surface area contributed by atoms with Crippen LogP contribution in [0.25, 0.3) is 0 Å². The molecule has 0 aliphatic carbocycles. The third kappa shape index (κ3) is 4.29. The maximum absolute atomic E-state index is 12.1. The Bertz CT molecular complexity index is 761. The average molecular weight is 340 g/mol. The smallest absolute Gasteiger partial charge is 0.226 e. The highest BCUT2D eigenvalue weighted by atomic mass is 16.6. The van der Waals surface area contributed by atoms with Gasteiger partial charge in [-0.1, -0.05) is 18.2 Å². The van der Waals surface area contributed by atoms with Crippen molar-refractivity contribution < 1.29 is 19.1 Å². The molecule has 1 aliphatic heterocycles. The molecule has 0 aromatic heterocycles. The van der Waals surface area contributed by atoms with Crippen molar-refractivity contribution in [2.24, 2.45) is 0 Å². The van der Waals surface area contributed by atoms with E-state index in [0.29, 0.717) is 30.4 Å². The Labute approximate surface area is 146 Å². The molecule has 25 heavy (non-hydrogen) atoms. The normalized spacial score (nSPS) is 12.4. The molecule has 0 radical (unpaired) electrons. The summed E-state index contributed by atoms with van der Waals surface area (Å²) >= 11 is 0. The molecule has 0 unspecified atom stereocenters. The lowest BCUT2D eigenvalue weighted by atomic mass is 10.2. The predicted octanol–water partition coefficient (Wildman–Crippen LogP) is 2.84. The van der Waals surface area contributed by atoms with E-state index in [0.717, 1.165) is 5.69 Å². The molecule has 0 spiro atoms. The molecule has 0 fully saturated rings. The third-order valence-corrected chi connectivity index (χ3v) is 3.84. The van der Waals surface area contributed by atoms with Gasteiger partial charge in [0.15, 0.2) is 11.5 Å². The number of para-hydroxylation sites is 1. The molecule has 0 bridgehead atoms. The van der Waals surface area contributed by atoms with E-state index in [1.807, 2.05) is 30.3 Å². The van der Waals surface area contributed by atoms with Crippen LogP contribution in [0, 0.1) is 0 Å². The van der Waals surface area contributed by atoms with Crippen LogP contribution < -0.4 is 19.7 Å². The second kappa shape index (κ2) is 7.70. The van der Waals surface area contributed by atoms with Crippen LogP contribution in [0.4, 0.5) is 11.4 Å². The van der Waals surface area contributed by atoms with E-state index in [2.05, 4.69) is 5.32 Å². The van der Waals surface area contributed by atoms with Gasteiger partial charge in [-0.25, -0.2) is 0 Å². The van der Waals surface area contributed by atoms with E-state index >= 15 is 0 Å². The van der Waals surface area contributed by atoms with Gasteiger partial charge in [0, 0.05) is 37.3 Å². The van der Waals surface area contributed by atoms with Crippen molar-refractivity contribution in [1.29, 1.82) is 0 Å². The summed E-state index contributed by atoms with van der Waals surface area (Å²) in [4.78, 5) is 25.7. The molecule has 1 heterocycles. The van der Waals surface area contributed by atoms with Crippen LogP contribution in [-0.4, -0.2) is 31.6 Å². The molecule has 6 heteroatoms. The number of benzene rings is 2. The van der Waals surface area contributed by atoms with Gasteiger partial charge in [0.25, 0.3) is 0 Å². The average Bonchev–Trinajstić information content (AvgIpc) is 2.62. The van der Waals surface area contributed by atoms with Gasteiger partial charge in [-0.2, -0.15) is 0 Å². The lowest BCUT2D eigenvalue weighted by Crippen LogP contribution is -2.32. The van der Waals surface area contributed by atoms with Crippen LogP contribution in [-0.2, 0) is 9.59 Å². The zero-order valence-electron chi connectivity index (χ0n) is 14.0. The molecule has 3 rings (SSSR count). The van der Waals surface area contributed by atoms with Crippen LogP contribution in [0.2, 0.25) is 0 Å². The van der Waals surface area contributed by atoms with Crippen LogP contribution in [0.15, 0.2) is 48.5 Å². The number of fused-ring (bicyclic) bond motifs is 1. The number of hydrogen-bond donors (Lipinski definition) is 1. The van der Waals surface area contributed by atoms with Crippen molar-refractivity contribution in [3.05, 3.63) is 48.5 Å². The Morgan fingerprint density at radius 2 is 1.76 bits per heavy atom. The summed E-state index contributed by atoms with van der Waals surface area (Å²) in [7, 11) is 0. The highest BCUT2D eigenvalue weighted by molar-refractivity contribution is 5.95. The molecule has 2 aromatic rings. The first-order chi connectivity index (χ1) is 12.1. The number of carbonyl (C=O) groups excluding carboxylic acids is 2. The Morgan fingerprint density at radius 1 is 1.04 bits per heavy atom. The van der Waals surface area contributed by atoms with Crippen LogP contribution in [0.1, 0.15) is 13.3 Å². The zero-order valence-corrected chi connectivity index (χ0v) is 14.0. The fourth-order valence-electron chi connectivity index (χ4n) is 2.63. The number of nitrogens with zero attached hydrogens (tertiary/aromatic N) is 1. The molecule has 0 saturated heterocycles. The van der Waals surface area contributed by atoms with E-state index in [4.69, 9.17) is 9.47 Å². The maximum Gasteiger partial charge on any atom is 0.226 e. The fourth-order valence-corrected chi connectivity index (χ4v) is 2.63. The molecular weight excluding hydrogens is 320 g/mol. The minimum Gasteiger partial charge on any atom is -0.486 e. The lowest BCUT2D eigenvalue weighted by molar-refractivity contribution is -0.117. The summed E-state index contributed by atoms with van der Waals surface area (Å²) < 4.78 is 11.0. The monoisotopic (exact) mass is 340 g/mol. The highest BCUT2D eigenvalue weighted by Gasteiger charge is 2.18. The van der Waals surface area contributed by atoms with Gasteiger partial charge < -0.3 is 19.7 Å². The molecule has 0 atom stereocenters. The van der Waals surface area contributed by atoms with E-state index in [-0.39, 0.29) is 24.8 Å². The topological polar surface area (TPSA) is 67.9 Å². The highest BCUT2D eigenvalue weighted by Crippen LogP contribution is 2.34. The summed E-state index contributed by atoms with van der Waals surface area (Å²) in [6.45, 7) is 2.76. The van der Waals surface area contributed by atoms with Crippen molar-refractivity contribution >= 4 is 23.2 Å². The van der Waals surface area contributed by atoms with Crippen molar-refractivity contribution in [3.8, 4) is 11.5 Å². The number of nitrogens with one attached hydrogen (secondary N) is 1. The predicted molar refractivity (Wildman–Crippen MR) is 95.1 cm³/mol. The maximum atomic E-state index is 12.1. The minimum atomic E-state index is -0.144. The van der Waals surface area contributed by atoms with Gasteiger partial charge in [-0.3, -0.25) is 9.59 Å². The van der Waals surface area contributed by atoms with Gasteiger partial charge in [0.2, 0.25) is 11.8 Å². The van der Waals surface area contributed by atoms with Crippen LogP contribution in [0.5, 0.6) is 11.5 Å². The summed E-state index contributed by atoms with van der Waals surface area (Å²) in [6.07, 6.45) is 0.197. The van der Waals surface area contributed by atoms with Gasteiger partial charge in [-0.15, -0.1) is 0 Å². The molecule has 1 aliphatic rings. The largest absolute Gasteiger partial charge is 0.486 e. The minimum absolute atomic E-state index is 0.135. The number of carbonyl (C=O) groups is 2. The van der Waals surface area contributed by atoms with Crippen molar-refractivity contribution in [1.82, 2.24) is 0 Å². The molecule has 130 valence electrons. The molecule has 0 saturated carbocycles. The number of hydrogen-bond acceptors (Lipinski definition) is 4. The summed E-state index contributed by atoms with van der Waals surface area (Å²) in [5, 5.41) is 2.82. The first kappa shape index (κ1) is 16.8. The summed E-state index contributed by atoms with van der Waals surface area (Å²) in [5.41, 5.74) is 1.42. The third-order valence-electron chi connectivity index (χ3n) is 3.84. The molecule has 2 aromatic carbocycles. The fraction of sp³-hybridized carbons (Fsp3) is 0.263. The van der Waals surface area contributed by atoms with Gasteiger partial charge >= 0.3 is 0 Å². The first-order valence-corrected chi connectivity index (χ1v) is 8.16. The van der Waals surface area contributed by atoms with Gasteiger partial charge in [-0.05, 0) is 24.3 Å². The second-order valence-corrected chi connectivity index (χ2v) is 5.66. The second-order valence-electron chi connectivity index (χ2n) is 5.66. The van der Waals surface area contributed by atoms with Crippen LogP contribution in [0.3, 0.4) is 0 Å². The molecular formula is C19H20N2O4. The number of anilines is 2. The van der Waals surface area contributed by atoms with E-state index in [1.54, 1.807) is 23.1 Å². The number of rotatable bonds is 5. The van der Waals surface area contributed by atoms with Crippen LogP contribution >= 0.6 is 0 Å². The zero-order chi connectivity index (χ0) is 17.6. The molecule has 2 amide bonds. The Balaban J connectivity index is 1.65. The van der Waals surface area contributed by atoms with Crippen molar-refractivity contribution in [2.75, 3.05) is 30.0 Å². The summed E-state index contributed by atoms with van der Waals surface area (Å²) in [6, 6.07) is 14.6. The van der Waals surface area contributed by atoms with E-state index in [1.165, 1.54) is 6.92 Å². The molecule has 6 nitrogen and oxygen atoms in total. The van der Waals surface area contributed by atoms with Gasteiger partial charge in [0.1, 0.15) is 13.2 Å². The molecule has 1 N–H and O–H groups in total. The van der Waals surface area contributed by atoms with Crippen molar-refractivity contribution in [2.45, 2.75) is 13.3 Å². The van der Waals surface area contributed by atoms with E-state index < -0.39 is 0 Å². The van der Waals surface area contributed by atoms with Crippen molar-refractivity contribution in [3.63, 3.8) is 0 Å². The van der Waals surface area contributed by atoms with E-state index in [9.17, 15) is 9.59 Å². The Hall–Kier alpha value is -3.02. The quantitative estimate of drug-likeness (QED) is 0.909. The van der Waals surface area contributed by atoms with Gasteiger partial charge in [0.05, 0.1) is 0 Å². The standard InChI is InChI=1S/C19H20N2O4/c1-14(22)21(10-9-19(23)20-15-5-3-2-4-6-15)16-7-8-17-18(13-16)25-12-11-24-17/h2-8,13H,9-12H2,1H3,(H,20,23). The summed E-state index contributed by atoms with van der Waals surface area (Å²) in [5.74, 6) is 1.00. The Kier molecular flexibility index (Phi) is 5.18. The SMILES string of the molecule is CC(=O)N(CCC(=O)Nc1ccccc1)c1ccc2c(c1)OCCO2. The number of amides is 2. The number of ether oxygens (including phenoxy) is 2. The first-order valence-electron chi connectivity index (χ1n) is 8.16. The Morgan fingerprint density at radius 3 is 2.48 bits per heavy atom.